The summed E-state index contributed by atoms with van der Waals surface area (Å²) in [4.78, 5) is 31.8. The van der Waals surface area contributed by atoms with Crippen LogP contribution < -0.4 is 5.32 Å². The molecule has 1 aromatic heterocycles. The smallest absolute Gasteiger partial charge is 0.257 e. The number of benzene rings is 1. The van der Waals surface area contributed by atoms with Crippen molar-refractivity contribution >= 4 is 38.2 Å². The Labute approximate surface area is 218 Å². The predicted octanol–water partition coefficient (Wildman–Crippen LogP) is 3.89. The summed E-state index contributed by atoms with van der Waals surface area (Å²) < 4.78 is 27.7. The van der Waals surface area contributed by atoms with Crippen molar-refractivity contribution in [2.24, 2.45) is 5.92 Å². The minimum absolute atomic E-state index is 0.0606. The van der Waals surface area contributed by atoms with E-state index in [2.05, 4.69) is 17.1 Å². The van der Waals surface area contributed by atoms with Crippen molar-refractivity contribution in [2.75, 3.05) is 45.1 Å². The normalized spacial score (nSPS) is 19.1. The number of amides is 2. The molecule has 2 amide bonds. The molecule has 2 aromatic rings. The van der Waals surface area contributed by atoms with E-state index in [-0.39, 0.29) is 16.7 Å². The van der Waals surface area contributed by atoms with Crippen molar-refractivity contribution < 1.29 is 18.0 Å². The second-order valence-corrected chi connectivity index (χ2v) is 12.8. The third-order valence-corrected chi connectivity index (χ3v) is 10.1. The first kappa shape index (κ1) is 26.8. The summed E-state index contributed by atoms with van der Waals surface area (Å²) in [5.74, 6) is -0.0797. The molecule has 1 aromatic carbocycles. The molecule has 0 saturated carbocycles. The first-order chi connectivity index (χ1) is 17.1. The molecule has 196 valence electrons. The molecule has 1 fully saturated rings. The Kier molecular flexibility index (Phi) is 8.18. The van der Waals surface area contributed by atoms with E-state index in [1.165, 1.54) is 27.8 Å². The minimum Gasteiger partial charge on any atom is -0.339 e. The number of thiophene rings is 1. The summed E-state index contributed by atoms with van der Waals surface area (Å²) in [5.41, 5.74) is 1.98. The minimum atomic E-state index is -3.59. The van der Waals surface area contributed by atoms with Gasteiger partial charge in [0.05, 0.1) is 10.5 Å². The third kappa shape index (κ3) is 5.37. The van der Waals surface area contributed by atoms with Gasteiger partial charge in [0.1, 0.15) is 5.00 Å². The van der Waals surface area contributed by atoms with Crippen molar-refractivity contribution in [2.45, 2.75) is 51.5 Å². The molecule has 1 saturated heterocycles. The third-order valence-electron chi connectivity index (χ3n) is 7.11. The van der Waals surface area contributed by atoms with Crippen molar-refractivity contribution in [1.82, 2.24) is 14.1 Å². The van der Waals surface area contributed by atoms with E-state index in [1.807, 2.05) is 20.9 Å². The molecule has 3 heterocycles. The van der Waals surface area contributed by atoms with E-state index in [0.717, 1.165) is 42.8 Å². The Morgan fingerprint density at radius 1 is 1.14 bits per heavy atom. The van der Waals surface area contributed by atoms with Crippen LogP contribution in [0.4, 0.5) is 5.00 Å². The van der Waals surface area contributed by atoms with Gasteiger partial charge < -0.3 is 15.1 Å². The molecule has 8 nitrogen and oxygen atoms in total. The van der Waals surface area contributed by atoms with E-state index in [1.54, 1.807) is 17.0 Å². The van der Waals surface area contributed by atoms with Crippen molar-refractivity contribution in [3.8, 4) is 0 Å². The van der Waals surface area contributed by atoms with Gasteiger partial charge in [0, 0.05) is 49.7 Å². The van der Waals surface area contributed by atoms with Crippen LogP contribution in [0.3, 0.4) is 0 Å². The summed E-state index contributed by atoms with van der Waals surface area (Å²) >= 11 is 1.46. The largest absolute Gasteiger partial charge is 0.339 e. The predicted molar refractivity (Wildman–Crippen MR) is 143 cm³/mol. The number of fused-ring (bicyclic) bond motifs is 1. The van der Waals surface area contributed by atoms with Crippen LogP contribution in [0.1, 0.15) is 64.8 Å². The Bertz CT molecular complexity index is 1220. The molecule has 36 heavy (non-hydrogen) atoms. The second-order valence-electron chi connectivity index (χ2n) is 9.76. The monoisotopic (exact) mass is 532 g/mol. The molecule has 1 N–H and O–H groups in total. The summed E-state index contributed by atoms with van der Waals surface area (Å²) in [6.07, 6.45) is 2.66. The SMILES string of the molecule is CCN(CC)C(=O)c1c(NC(=O)c2ccc(S(=O)(=O)N3CCCC(C)C3)cc2)sc2c1CCN(C)C2. The number of sulfonamides is 1. The number of rotatable bonds is 7. The van der Waals surface area contributed by atoms with Gasteiger partial charge >= 0.3 is 0 Å². The first-order valence-electron chi connectivity index (χ1n) is 12.7. The highest BCUT2D eigenvalue weighted by Crippen LogP contribution is 2.38. The molecule has 0 radical (unpaired) electrons. The van der Waals surface area contributed by atoms with Crippen LogP contribution in [-0.2, 0) is 23.0 Å². The molecule has 2 aliphatic rings. The number of anilines is 1. The van der Waals surface area contributed by atoms with E-state index >= 15 is 0 Å². The van der Waals surface area contributed by atoms with Crippen LogP contribution in [0.5, 0.6) is 0 Å². The molecular weight excluding hydrogens is 496 g/mol. The quantitative estimate of drug-likeness (QED) is 0.584. The lowest BCUT2D eigenvalue weighted by atomic mass is 10.0. The van der Waals surface area contributed by atoms with Crippen molar-refractivity contribution in [3.63, 3.8) is 0 Å². The van der Waals surface area contributed by atoms with Gasteiger partial charge in [0.2, 0.25) is 10.0 Å². The fourth-order valence-corrected chi connectivity index (χ4v) is 7.89. The summed E-state index contributed by atoms with van der Waals surface area (Å²) in [6, 6.07) is 6.09. The molecule has 2 aliphatic heterocycles. The van der Waals surface area contributed by atoms with Crippen molar-refractivity contribution in [3.05, 3.63) is 45.8 Å². The first-order valence-corrected chi connectivity index (χ1v) is 14.9. The summed E-state index contributed by atoms with van der Waals surface area (Å²) in [5, 5.41) is 3.53. The number of piperidine rings is 1. The van der Waals surface area contributed by atoms with Crippen LogP contribution in [-0.4, -0.2) is 74.1 Å². The number of hydrogen-bond donors (Lipinski definition) is 1. The number of carbonyl (C=O) groups is 2. The zero-order chi connectivity index (χ0) is 26.0. The number of likely N-dealkylation sites (N-methyl/N-ethyl adjacent to an activating group) is 1. The van der Waals surface area contributed by atoms with Crippen LogP contribution >= 0.6 is 11.3 Å². The lowest BCUT2D eigenvalue weighted by Gasteiger charge is -2.30. The molecular formula is C26H36N4O4S2. The fraction of sp³-hybridized carbons (Fsp3) is 0.538. The lowest BCUT2D eigenvalue weighted by molar-refractivity contribution is 0.0772. The molecule has 0 spiro atoms. The van der Waals surface area contributed by atoms with Gasteiger partial charge in [-0.25, -0.2) is 8.42 Å². The van der Waals surface area contributed by atoms with Crippen LogP contribution in [0.2, 0.25) is 0 Å². The average Bonchev–Trinajstić information content (AvgIpc) is 3.21. The zero-order valence-corrected chi connectivity index (χ0v) is 23.2. The molecule has 10 heteroatoms. The molecule has 1 unspecified atom stereocenters. The number of carbonyl (C=O) groups excluding carboxylic acids is 2. The van der Waals surface area contributed by atoms with Crippen LogP contribution in [0, 0.1) is 5.92 Å². The van der Waals surface area contributed by atoms with Gasteiger partial charge in [-0.3, -0.25) is 9.59 Å². The maximum Gasteiger partial charge on any atom is 0.257 e. The van der Waals surface area contributed by atoms with Gasteiger partial charge in [-0.15, -0.1) is 11.3 Å². The maximum absolute atomic E-state index is 13.4. The fourth-order valence-electron chi connectivity index (χ4n) is 4.98. The summed E-state index contributed by atoms with van der Waals surface area (Å²) in [7, 11) is -1.54. The molecule has 1 atom stereocenters. The lowest BCUT2D eigenvalue weighted by Crippen LogP contribution is -2.39. The Morgan fingerprint density at radius 2 is 1.83 bits per heavy atom. The highest BCUT2D eigenvalue weighted by atomic mass is 32.2. The molecule has 4 rings (SSSR count). The van der Waals surface area contributed by atoms with Gasteiger partial charge in [-0.2, -0.15) is 4.31 Å². The van der Waals surface area contributed by atoms with E-state index < -0.39 is 10.0 Å². The van der Waals surface area contributed by atoms with Crippen LogP contribution in [0.25, 0.3) is 0 Å². The molecule has 0 aliphatic carbocycles. The second kappa shape index (κ2) is 11.0. The highest BCUT2D eigenvalue weighted by Gasteiger charge is 2.31. The number of nitrogens with one attached hydrogen (secondary N) is 1. The Hall–Kier alpha value is -2.27. The van der Waals surface area contributed by atoms with Gasteiger partial charge in [-0.05, 0) is 75.9 Å². The van der Waals surface area contributed by atoms with Crippen LogP contribution in [0.15, 0.2) is 29.2 Å². The van der Waals surface area contributed by atoms with E-state index in [9.17, 15) is 18.0 Å². The Morgan fingerprint density at radius 3 is 2.47 bits per heavy atom. The van der Waals surface area contributed by atoms with Crippen molar-refractivity contribution in [1.29, 1.82) is 0 Å². The molecule has 0 bridgehead atoms. The number of nitrogens with zero attached hydrogens (tertiary/aromatic N) is 3. The standard InChI is InChI=1S/C26H36N4O4S2/c1-5-29(6-2)26(32)23-21-13-15-28(4)17-22(21)35-25(23)27-24(31)19-9-11-20(12-10-19)36(33,34)30-14-7-8-18(3)16-30/h9-12,18H,5-8,13-17H2,1-4H3,(H,27,31). The Balaban J connectivity index is 1.58. The zero-order valence-electron chi connectivity index (χ0n) is 21.5. The highest BCUT2D eigenvalue weighted by molar-refractivity contribution is 7.89. The van der Waals surface area contributed by atoms with Gasteiger partial charge in [-0.1, -0.05) is 6.92 Å². The topological polar surface area (TPSA) is 90.0 Å². The van der Waals surface area contributed by atoms with Gasteiger partial charge in [0.25, 0.3) is 11.8 Å². The average molecular weight is 533 g/mol. The van der Waals surface area contributed by atoms with E-state index in [4.69, 9.17) is 0 Å². The maximum atomic E-state index is 13.4. The number of hydrogen-bond acceptors (Lipinski definition) is 6. The summed E-state index contributed by atoms with van der Waals surface area (Å²) in [6.45, 7) is 9.81. The van der Waals surface area contributed by atoms with E-state index in [0.29, 0.717) is 48.2 Å². The van der Waals surface area contributed by atoms with Gasteiger partial charge in [0.15, 0.2) is 0 Å².